The normalized spacial score (nSPS) is 10.8. The molecule has 0 aliphatic carbocycles. The summed E-state index contributed by atoms with van der Waals surface area (Å²) in [5, 5.41) is 29.6. The van der Waals surface area contributed by atoms with Crippen molar-refractivity contribution in [1.82, 2.24) is 5.32 Å². The summed E-state index contributed by atoms with van der Waals surface area (Å²) in [6, 6.07) is 8.83. The minimum atomic E-state index is -1.04. The number of aliphatic hydroxyl groups excluding tert-OH is 2. The smallest absolute Gasteiger partial charge is 0.225 e. The number of benzene rings is 1. The highest BCUT2D eigenvalue weighted by Crippen LogP contribution is 2.09. The Morgan fingerprint density at radius 1 is 1.39 bits per heavy atom. The van der Waals surface area contributed by atoms with Gasteiger partial charge in [-0.05, 0) is 18.6 Å². The van der Waals surface area contributed by atoms with E-state index in [0.717, 1.165) is 0 Å². The van der Waals surface area contributed by atoms with Crippen LogP contribution < -0.4 is 5.32 Å². The van der Waals surface area contributed by atoms with Gasteiger partial charge in [-0.1, -0.05) is 18.2 Å². The first-order valence-electron chi connectivity index (χ1n) is 5.55. The molecule has 0 saturated heterocycles. The molecule has 0 aromatic heterocycles. The average Bonchev–Trinajstić information content (AvgIpc) is 2.39. The Kier molecular flexibility index (Phi) is 4.84. The van der Waals surface area contributed by atoms with Crippen LogP contribution in [0.1, 0.15) is 18.1 Å². The summed E-state index contributed by atoms with van der Waals surface area (Å²) in [7, 11) is 0. The van der Waals surface area contributed by atoms with Crippen molar-refractivity contribution in [3.05, 3.63) is 35.4 Å². The lowest BCUT2D eigenvalue weighted by atomic mass is 10.0. The van der Waals surface area contributed by atoms with Crippen molar-refractivity contribution in [1.29, 1.82) is 5.26 Å². The number of rotatable bonds is 5. The molecule has 1 aromatic rings. The molecular weight excluding hydrogens is 232 g/mol. The Bertz CT molecular complexity index is 462. The molecule has 0 bridgehead atoms. The highest BCUT2D eigenvalue weighted by atomic mass is 16.3. The van der Waals surface area contributed by atoms with E-state index < -0.39 is 5.54 Å². The molecule has 18 heavy (non-hydrogen) atoms. The van der Waals surface area contributed by atoms with Crippen LogP contribution in [0.4, 0.5) is 0 Å². The number of nitrogens with zero attached hydrogens (tertiary/aromatic N) is 1. The fourth-order valence-corrected chi connectivity index (χ4v) is 1.47. The van der Waals surface area contributed by atoms with E-state index in [9.17, 15) is 4.79 Å². The lowest BCUT2D eigenvalue weighted by molar-refractivity contribution is -0.123. The average molecular weight is 248 g/mol. The molecule has 3 N–H and O–H groups in total. The van der Waals surface area contributed by atoms with Gasteiger partial charge in [0.05, 0.1) is 36.8 Å². The van der Waals surface area contributed by atoms with Gasteiger partial charge < -0.3 is 15.5 Å². The third-order valence-electron chi connectivity index (χ3n) is 2.63. The van der Waals surface area contributed by atoms with E-state index in [4.69, 9.17) is 15.5 Å². The zero-order valence-corrected chi connectivity index (χ0v) is 10.2. The van der Waals surface area contributed by atoms with Crippen LogP contribution in [-0.2, 0) is 11.2 Å². The van der Waals surface area contributed by atoms with Crippen molar-refractivity contribution in [2.24, 2.45) is 0 Å². The highest BCUT2D eigenvalue weighted by Gasteiger charge is 2.24. The van der Waals surface area contributed by atoms with Gasteiger partial charge in [0.1, 0.15) is 0 Å². The van der Waals surface area contributed by atoms with E-state index in [-0.39, 0.29) is 25.5 Å². The number of nitrogens with one attached hydrogen (secondary N) is 1. The molecule has 5 heteroatoms. The van der Waals surface area contributed by atoms with Crippen molar-refractivity contribution in [3.8, 4) is 6.07 Å². The van der Waals surface area contributed by atoms with Crippen LogP contribution in [0.15, 0.2) is 24.3 Å². The van der Waals surface area contributed by atoms with Crippen LogP contribution in [0.3, 0.4) is 0 Å². The Labute approximate surface area is 106 Å². The molecule has 0 unspecified atom stereocenters. The first kappa shape index (κ1) is 14.2. The summed E-state index contributed by atoms with van der Waals surface area (Å²) >= 11 is 0. The van der Waals surface area contributed by atoms with Gasteiger partial charge in [-0.3, -0.25) is 4.79 Å². The number of carbonyl (C=O) groups is 1. The number of amides is 1. The van der Waals surface area contributed by atoms with Crippen LogP contribution in [0.2, 0.25) is 0 Å². The van der Waals surface area contributed by atoms with E-state index in [1.807, 2.05) is 6.07 Å². The van der Waals surface area contributed by atoms with Crippen LogP contribution >= 0.6 is 0 Å². The first-order chi connectivity index (χ1) is 8.54. The van der Waals surface area contributed by atoms with Crippen LogP contribution in [0.25, 0.3) is 0 Å². The lowest BCUT2D eigenvalue weighted by Gasteiger charge is -2.26. The molecule has 0 heterocycles. The van der Waals surface area contributed by atoms with E-state index in [1.165, 1.54) is 0 Å². The first-order valence-corrected chi connectivity index (χ1v) is 5.55. The fraction of sp³-hybridized carbons (Fsp3) is 0.385. The van der Waals surface area contributed by atoms with Crippen molar-refractivity contribution < 1.29 is 15.0 Å². The predicted octanol–water partition coefficient (Wildman–Crippen LogP) is -0.0397. The van der Waals surface area contributed by atoms with E-state index >= 15 is 0 Å². The minimum Gasteiger partial charge on any atom is -0.394 e. The summed E-state index contributed by atoms with van der Waals surface area (Å²) in [6.07, 6.45) is 0.0410. The van der Waals surface area contributed by atoms with Crippen molar-refractivity contribution >= 4 is 5.91 Å². The Morgan fingerprint density at radius 2 is 2.00 bits per heavy atom. The topological polar surface area (TPSA) is 93.3 Å². The summed E-state index contributed by atoms with van der Waals surface area (Å²) in [4.78, 5) is 11.8. The molecule has 0 saturated carbocycles. The van der Waals surface area contributed by atoms with Crippen molar-refractivity contribution in [3.63, 3.8) is 0 Å². The third-order valence-corrected chi connectivity index (χ3v) is 2.63. The van der Waals surface area contributed by atoms with Crippen LogP contribution in [0.5, 0.6) is 0 Å². The number of carbonyl (C=O) groups excluding carboxylic acids is 1. The maximum atomic E-state index is 11.8. The van der Waals surface area contributed by atoms with Gasteiger partial charge in [0, 0.05) is 0 Å². The summed E-state index contributed by atoms with van der Waals surface area (Å²) < 4.78 is 0. The molecule has 0 aliphatic heterocycles. The zero-order chi connectivity index (χ0) is 13.6. The van der Waals surface area contributed by atoms with Gasteiger partial charge in [-0.25, -0.2) is 0 Å². The molecule has 5 nitrogen and oxygen atoms in total. The minimum absolute atomic E-state index is 0.0410. The highest BCUT2D eigenvalue weighted by molar-refractivity contribution is 5.80. The quantitative estimate of drug-likeness (QED) is 0.681. The molecular formula is C13H16N2O3. The lowest BCUT2D eigenvalue weighted by Crippen LogP contribution is -2.52. The van der Waals surface area contributed by atoms with Gasteiger partial charge >= 0.3 is 0 Å². The second-order valence-electron chi connectivity index (χ2n) is 4.37. The number of hydrogen-bond donors (Lipinski definition) is 3. The Morgan fingerprint density at radius 3 is 2.56 bits per heavy atom. The summed E-state index contributed by atoms with van der Waals surface area (Å²) in [5.41, 5.74) is 0.0247. The van der Waals surface area contributed by atoms with Gasteiger partial charge in [-0.15, -0.1) is 0 Å². The number of aliphatic hydroxyl groups is 2. The van der Waals surface area contributed by atoms with Gasteiger partial charge in [0.15, 0.2) is 0 Å². The maximum Gasteiger partial charge on any atom is 0.225 e. The molecule has 0 fully saturated rings. The maximum absolute atomic E-state index is 11.8. The molecule has 1 rings (SSSR count). The molecule has 0 spiro atoms. The molecule has 0 atom stereocenters. The predicted molar refractivity (Wildman–Crippen MR) is 65.6 cm³/mol. The Hall–Kier alpha value is -1.90. The molecule has 0 aliphatic rings. The van der Waals surface area contributed by atoms with E-state index in [2.05, 4.69) is 5.32 Å². The molecule has 0 radical (unpaired) electrons. The van der Waals surface area contributed by atoms with Gasteiger partial charge in [0.25, 0.3) is 0 Å². The van der Waals surface area contributed by atoms with Crippen LogP contribution in [0, 0.1) is 11.3 Å². The molecule has 1 aromatic carbocycles. The number of hydrogen-bond acceptors (Lipinski definition) is 4. The molecule has 1 amide bonds. The van der Waals surface area contributed by atoms with Gasteiger partial charge in [-0.2, -0.15) is 5.26 Å². The SMILES string of the molecule is CC(CO)(CO)NC(=O)Cc1ccccc1C#N. The van der Waals surface area contributed by atoms with Crippen molar-refractivity contribution in [2.45, 2.75) is 18.9 Å². The molecule has 96 valence electrons. The van der Waals surface area contributed by atoms with E-state index in [0.29, 0.717) is 11.1 Å². The monoisotopic (exact) mass is 248 g/mol. The second-order valence-corrected chi connectivity index (χ2v) is 4.37. The standard InChI is InChI=1S/C13H16N2O3/c1-13(8-16,9-17)15-12(18)6-10-4-2-3-5-11(10)7-14/h2-5,16-17H,6,8-9H2,1H3,(H,15,18). The Balaban J connectivity index is 2.74. The van der Waals surface area contributed by atoms with Crippen molar-refractivity contribution in [2.75, 3.05) is 13.2 Å². The third kappa shape index (κ3) is 3.55. The largest absolute Gasteiger partial charge is 0.394 e. The van der Waals surface area contributed by atoms with Crippen LogP contribution in [-0.4, -0.2) is 34.9 Å². The zero-order valence-electron chi connectivity index (χ0n) is 10.2. The number of nitriles is 1. The summed E-state index contributed by atoms with van der Waals surface area (Å²) in [5.74, 6) is -0.344. The fourth-order valence-electron chi connectivity index (χ4n) is 1.47. The second kappa shape index (κ2) is 6.15. The van der Waals surface area contributed by atoms with Gasteiger partial charge in [0.2, 0.25) is 5.91 Å². The van der Waals surface area contributed by atoms with E-state index in [1.54, 1.807) is 31.2 Å². The summed E-state index contributed by atoms with van der Waals surface area (Å²) in [6.45, 7) is 0.839.